The van der Waals surface area contributed by atoms with Gasteiger partial charge < -0.3 is 14.5 Å². The first kappa shape index (κ1) is 18.9. The Labute approximate surface area is 163 Å². The molecule has 0 saturated carbocycles. The van der Waals surface area contributed by atoms with Gasteiger partial charge in [0.25, 0.3) is 5.91 Å². The second-order valence-electron chi connectivity index (χ2n) is 6.95. The summed E-state index contributed by atoms with van der Waals surface area (Å²) in [6.45, 7) is 8.74. The maximum absolute atomic E-state index is 12.5. The second kappa shape index (κ2) is 8.69. The van der Waals surface area contributed by atoms with Crippen molar-refractivity contribution in [3.8, 4) is 5.75 Å². The lowest BCUT2D eigenvalue weighted by atomic mass is 10.1. The Balaban J connectivity index is 1.46. The molecule has 1 N–H and O–H groups in total. The quantitative estimate of drug-likeness (QED) is 0.809. The number of ether oxygens (including phenoxy) is 1. The van der Waals surface area contributed by atoms with Crippen LogP contribution in [0.5, 0.6) is 5.75 Å². The molecule has 1 heterocycles. The van der Waals surface area contributed by atoms with Crippen molar-refractivity contribution in [3.05, 3.63) is 63.6 Å². The summed E-state index contributed by atoms with van der Waals surface area (Å²) in [5.41, 5.74) is 3.59. The molecule has 26 heavy (non-hydrogen) atoms. The molecule has 0 unspecified atom stereocenters. The molecule has 5 heteroatoms. The Morgan fingerprint density at radius 1 is 1.12 bits per heavy atom. The van der Waals surface area contributed by atoms with E-state index < -0.39 is 0 Å². The summed E-state index contributed by atoms with van der Waals surface area (Å²) in [7, 11) is 0. The summed E-state index contributed by atoms with van der Waals surface area (Å²) in [4.78, 5) is 15.9. The third-order valence-electron chi connectivity index (χ3n) is 4.89. The van der Waals surface area contributed by atoms with E-state index in [4.69, 9.17) is 4.74 Å². The molecule has 0 aromatic heterocycles. The van der Waals surface area contributed by atoms with Crippen LogP contribution in [0.3, 0.4) is 0 Å². The topological polar surface area (TPSA) is 34.0 Å². The minimum atomic E-state index is 0.0713. The Bertz CT molecular complexity index is 733. The van der Waals surface area contributed by atoms with Crippen LogP contribution in [0.4, 0.5) is 0 Å². The number of carbonyl (C=O) groups excluding carboxylic acids is 1. The zero-order chi connectivity index (χ0) is 18.5. The smallest absolute Gasteiger partial charge is 0.260 e. The maximum Gasteiger partial charge on any atom is 0.260 e. The first-order chi connectivity index (χ1) is 12.5. The molecule has 2 aromatic rings. The molecule has 1 aliphatic rings. The van der Waals surface area contributed by atoms with Crippen molar-refractivity contribution in [3.63, 3.8) is 0 Å². The summed E-state index contributed by atoms with van der Waals surface area (Å²) >= 11 is 3.55. The van der Waals surface area contributed by atoms with E-state index in [-0.39, 0.29) is 12.5 Å². The summed E-state index contributed by atoms with van der Waals surface area (Å²) in [6, 6.07) is 14.5. The van der Waals surface area contributed by atoms with Crippen LogP contribution in [-0.4, -0.2) is 43.6 Å². The van der Waals surface area contributed by atoms with E-state index in [2.05, 4.69) is 40.2 Å². The zero-order valence-electron chi connectivity index (χ0n) is 15.4. The van der Waals surface area contributed by atoms with E-state index in [1.165, 1.54) is 10.5 Å². The molecule has 0 radical (unpaired) electrons. The highest BCUT2D eigenvalue weighted by atomic mass is 79.9. The predicted molar refractivity (Wildman–Crippen MR) is 107 cm³/mol. The van der Waals surface area contributed by atoms with E-state index in [9.17, 15) is 4.79 Å². The van der Waals surface area contributed by atoms with Crippen molar-refractivity contribution in [2.24, 2.45) is 0 Å². The summed E-state index contributed by atoms with van der Waals surface area (Å²) in [5, 5.41) is 0. The van der Waals surface area contributed by atoms with Crippen molar-refractivity contribution in [1.29, 1.82) is 0 Å². The Hall–Kier alpha value is -1.85. The number of aryl methyl sites for hydroxylation is 2. The Morgan fingerprint density at radius 3 is 2.35 bits per heavy atom. The largest absolute Gasteiger partial charge is 0.484 e. The highest BCUT2D eigenvalue weighted by Crippen LogP contribution is 2.26. The Kier molecular flexibility index (Phi) is 6.33. The van der Waals surface area contributed by atoms with E-state index in [1.807, 2.05) is 36.9 Å². The average Bonchev–Trinajstić information content (AvgIpc) is 2.65. The van der Waals surface area contributed by atoms with E-state index >= 15 is 0 Å². The molecular formula is C21H26BrN2O2+. The van der Waals surface area contributed by atoms with Gasteiger partial charge in [0.05, 0.1) is 26.2 Å². The fourth-order valence-corrected chi connectivity index (χ4v) is 3.59. The molecule has 1 saturated heterocycles. The number of carbonyl (C=O) groups is 1. The second-order valence-corrected chi connectivity index (χ2v) is 7.75. The first-order valence-corrected chi connectivity index (χ1v) is 9.87. The normalized spacial score (nSPS) is 15.1. The highest BCUT2D eigenvalue weighted by Gasteiger charge is 2.24. The SMILES string of the molecule is Cc1cc(OCC(=O)N2CC[NH+](Cc3ccccc3)CC2)cc(C)c1Br. The van der Waals surface area contributed by atoms with Crippen LogP contribution in [0.1, 0.15) is 16.7 Å². The van der Waals surface area contributed by atoms with Crippen LogP contribution in [0.15, 0.2) is 46.9 Å². The molecule has 1 amide bonds. The summed E-state index contributed by atoms with van der Waals surface area (Å²) in [5.74, 6) is 0.826. The van der Waals surface area contributed by atoms with Crippen LogP contribution in [0.25, 0.3) is 0 Å². The number of benzene rings is 2. The average molecular weight is 418 g/mol. The molecule has 1 aliphatic heterocycles. The number of nitrogens with zero attached hydrogens (tertiary/aromatic N) is 1. The maximum atomic E-state index is 12.5. The highest BCUT2D eigenvalue weighted by molar-refractivity contribution is 9.10. The number of halogens is 1. The molecular weight excluding hydrogens is 392 g/mol. The molecule has 0 spiro atoms. The molecule has 0 atom stereocenters. The number of hydrogen-bond donors (Lipinski definition) is 1. The minimum absolute atomic E-state index is 0.0713. The number of quaternary nitrogens is 1. The number of amides is 1. The van der Waals surface area contributed by atoms with Gasteiger partial charge in [-0.3, -0.25) is 4.79 Å². The van der Waals surface area contributed by atoms with Crippen molar-refractivity contribution in [2.75, 3.05) is 32.8 Å². The summed E-state index contributed by atoms with van der Waals surface area (Å²) < 4.78 is 6.83. The van der Waals surface area contributed by atoms with Crippen molar-refractivity contribution < 1.29 is 14.4 Å². The van der Waals surface area contributed by atoms with Gasteiger partial charge in [-0.1, -0.05) is 46.3 Å². The standard InChI is InChI=1S/C21H25BrN2O2/c1-16-12-19(13-17(2)21(16)22)26-15-20(25)24-10-8-23(9-11-24)14-18-6-4-3-5-7-18/h3-7,12-13H,8-11,14-15H2,1-2H3/p+1. The van der Waals surface area contributed by atoms with Crippen LogP contribution < -0.4 is 9.64 Å². The molecule has 1 fully saturated rings. The van der Waals surface area contributed by atoms with Crippen molar-refractivity contribution in [1.82, 2.24) is 4.90 Å². The third-order valence-corrected chi connectivity index (χ3v) is 6.14. The summed E-state index contributed by atoms with van der Waals surface area (Å²) in [6.07, 6.45) is 0. The fraction of sp³-hybridized carbons (Fsp3) is 0.381. The van der Waals surface area contributed by atoms with Crippen molar-refractivity contribution >= 4 is 21.8 Å². The lowest BCUT2D eigenvalue weighted by molar-refractivity contribution is -0.917. The van der Waals surface area contributed by atoms with Crippen LogP contribution in [0, 0.1) is 13.8 Å². The van der Waals surface area contributed by atoms with E-state index in [1.54, 1.807) is 0 Å². The van der Waals surface area contributed by atoms with E-state index in [0.29, 0.717) is 0 Å². The van der Waals surface area contributed by atoms with Crippen LogP contribution in [0.2, 0.25) is 0 Å². The minimum Gasteiger partial charge on any atom is -0.484 e. The number of hydrogen-bond acceptors (Lipinski definition) is 2. The molecule has 0 bridgehead atoms. The number of piperazine rings is 1. The van der Waals surface area contributed by atoms with Gasteiger partial charge >= 0.3 is 0 Å². The monoisotopic (exact) mass is 417 g/mol. The van der Waals surface area contributed by atoms with Crippen LogP contribution >= 0.6 is 15.9 Å². The first-order valence-electron chi connectivity index (χ1n) is 9.08. The van der Waals surface area contributed by atoms with Crippen LogP contribution in [-0.2, 0) is 11.3 Å². The van der Waals surface area contributed by atoms with Gasteiger partial charge in [0.15, 0.2) is 6.61 Å². The van der Waals surface area contributed by atoms with E-state index in [0.717, 1.165) is 54.1 Å². The molecule has 2 aromatic carbocycles. The molecule has 4 nitrogen and oxygen atoms in total. The van der Waals surface area contributed by atoms with Gasteiger partial charge in [0.2, 0.25) is 0 Å². The van der Waals surface area contributed by atoms with Gasteiger partial charge in [-0.15, -0.1) is 0 Å². The van der Waals surface area contributed by atoms with Gasteiger partial charge in [0, 0.05) is 10.0 Å². The van der Waals surface area contributed by atoms with Gasteiger partial charge in [-0.25, -0.2) is 0 Å². The van der Waals surface area contributed by atoms with Gasteiger partial charge in [0.1, 0.15) is 12.3 Å². The number of nitrogens with one attached hydrogen (secondary N) is 1. The number of rotatable bonds is 5. The van der Waals surface area contributed by atoms with Crippen molar-refractivity contribution in [2.45, 2.75) is 20.4 Å². The predicted octanol–water partition coefficient (Wildman–Crippen LogP) is 2.37. The lowest BCUT2D eigenvalue weighted by Gasteiger charge is -2.32. The molecule has 0 aliphatic carbocycles. The lowest BCUT2D eigenvalue weighted by Crippen LogP contribution is -3.13. The molecule has 138 valence electrons. The zero-order valence-corrected chi connectivity index (χ0v) is 17.0. The van der Waals surface area contributed by atoms with Gasteiger partial charge in [-0.05, 0) is 37.1 Å². The van der Waals surface area contributed by atoms with Gasteiger partial charge in [-0.2, -0.15) is 0 Å². The Morgan fingerprint density at radius 2 is 1.73 bits per heavy atom. The third kappa shape index (κ3) is 4.86. The molecule has 3 rings (SSSR count). The fourth-order valence-electron chi connectivity index (χ4n) is 3.36.